The molecule has 1 saturated heterocycles. The van der Waals surface area contributed by atoms with Crippen LogP contribution in [-0.2, 0) is 32.2 Å². The van der Waals surface area contributed by atoms with Crippen molar-refractivity contribution in [2.24, 2.45) is 4.99 Å². The van der Waals surface area contributed by atoms with E-state index in [1.54, 1.807) is 20.0 Å². The van der Waals surface area contributed by atoms with Crippen LogP contribution in [0.25, 0.3) is 0 Å². The molecule has 264 valence electrons. The number of aliphatic hydroxyl groups excluding tert-OH is 1. The van der Waals surface area contributed by atoms with Gasteiger partial charge in [-0.25, -0.2) is 17.5 Å². The number of nitrogens with one attached hydrogen (secondary N) is 2. The van der Waals surface area contributed by atoms with Crippen LogP contribution in [0.15, 0.2) is 41.4 Å². The Kier molecular flexibility index (Phi) is 12.2. The molecule has 4 rings (SSSR count). The number of amides is 1. The zero-order valence-electron chi connectivity index (χ0n) is 26.8. The number of ether oxygens (including phenoxy) is 2. The maximum atomic E-state index is 13.8. The molecule has 2 aromatic rings. The van der Waals surface area contributed by atoms with Gasteiger partial charge in [0.25, 0.3) is 5.91 Å². The van der Waals surface area contributed by atoms with Crippen LogP contribution in [0.1, 0.15) is 58.3 Å². The fourth-order valence-corrected chi connectivity index (χ4v) is 7.01. The van der Waals surface area contributed by atoms with E-state index in [-0.39, 0.29) is 73.8 Å². The lowest BCUT2D eigenvalue weighted by Crippen LogP contribution is -2.50. The fourth-order valence-electron chi connectivity index (χ4n) is 5.54. The number of carboxylic acid groups (broad SMARTS) is 1. The highest BCUT2D eigenvalue weighted by atomic mass is 32.2. The second-order valence-corrected chi connectivity index (χ2v) is 14.0. The highest BCUT2D eigenvalue weighted by molar-refractivity contribution is 7.89. The van der Waals surface area contributed by atoms with Crippen molar-refractivity contribution in [1.29, 1.82) is 0 Å². The van der Waals surface area contributed by atoms with E-state index in [1.807, 2.05) is 0 Å². The van der Waals surface area contributed by atoms with E-state index in [4.69, 9.17) is 14.6 Å². The van der Waals surface area contributed by atoms with Gasteiger partial charge in [0.05, 0.1) is 36.2 Å². The second kappa shape index (κ2) is 15.8. The number of benzene rings is 2. The number of likely N-dealkylation sites (N-methyl/N-ethyl adjacent to an activating group) is 1. The maximum absolute atomic E-state index is 13.8. The van der Waals surface area contributed by atoms with Crippen molar-refractivity contribution in [2.75, 3.05) is 52.3 Å². The lowest BCUT2D eigenvalue weighted by atomic mass is 9.89. The van der Waals surface area contributed by atoms with Crippen molar-refractivity contribution >= 4 is 27.7 Å². The largest absolute Gasteiger partial charge is 0.493 e. The highest BCUT2D eigenvalue weighted by Gasteiger charge is 2.47. The van der Waals surface area contributed by atoms with Crippen LogP contribution in [0.2, 0.25) is 0 Å². The number of aromatic carboxylic acids is 1. The Hall–Kier alpha value is -3.57. The molecular weight excluding hydrogens is 657 g/mol. The van der Waals surface area contributed by atoms with Crippen LogP contribution >= 0.6 is 0 Å². The zero-order valence-corrected chi connectivity index (χ0v) is 27.6. The molecule has 0 radical (unpaired) electrons. The van der Waals surface area contributed by atoms with Gasteiger partial charge in [-0.2, -0.15) is 13.2 Å². The summed E-state index contributed by atoms with van der Waals surface area (Å²) < 4.78 is 80.0. The maximum Gasteiger partial charge on any atom is 0.416 e. The summed E-state index contributed by atoms with van der Waals surface area (Å²) in [4.78, 5) is 28.8. The van der Waals surface area contributed by atoms with E-state index in [1.165, 1.54) is 22.5 Å². The molecule has 0 aliphatic carbocycles. The average Bonchev–Trinajstić information content (AvgIpc) is 3.34. The average molecular weight is 699 g/mol. The Balaban J connectivity index is 1.40. The summed E-state index contributed by atoms with van der Waals surface area (Å²) in [7, 11) is -1.95. The van der Waals surface area contributed by atoms with Gasteiger partial charge in [0.1, 0.15) is 17.1 Å². The number of aliphatic hydroxyl groups is 1. The summed E-state index contributed by atoms with van der Waals surface area (Å²) in [6.45, 7) is 3.11. The fraction of sp³-hybridized carbons (Fsp3) is 0.531. The third-order valence-corrected chi connectivity index (χ3v) is 10.3. The minimum Gasteiger partial charge on any atom is -0.493 e. The molecule has 1 fully saturated rings. The van der Waals surface area contributed by atoms with Crippen molar-refractivity contribution in [3.63, 3.8) is 0 Å². The molecule has 0 unspecified atom stereocenters. The number of piperidine rings is 1. The summed E-state index contributed by atoms with van der Waals surface area (Å²) in [5, 5.41) is 24.8. The standard InChI is InChI=1S/C32H41F3N4O8S/c1-21-17-23(29(41)42)4-3-22(21)7-16-48(44,45)39-11-8-31(9-12-39)30(43)37-28(38-31)24-18-25(32(33,34)35)20-27(19-24)47-14-6-26(40)5-13-46-15-10-36-2/h3-4,17-20,26,36,40H,5-16H2,1-2H3,(H,41,42)(H,37,38,43)/t26-/m1/s1. The van der Waals surface area contributed by atoms with Gasteiger partial charge >= 0.3 is 12.1 Å². The van der Waals surface area contributed by atoms with Gasteiger partial charge < -0.3 is 30.3 Å². The van der Waals surface area contributed by atoms with Crippen molar-refractivity contribution in [2.45, 2.75) is 56.8 Å². The Bertz CT molecular complexity index is 1610. The molecule has 0 saturated carbocycles. The summed E-state index contributed by atoms with van der Waals surface area (Å²) in [6.07, 6.45) is -4.74. The van der Waals surface area contributed by atoms with E-state index < -0.39 is 45.3 Å². The quantitative estimate of drug-likeness (QED) is 0.193. The number of hydrogen-bond acceptors (Lipinski definition) is 9. The topological polar surface area (TPSA) is 167 Å². The molecule has 16 heteroatoms. The van der Waals surface area contributed by atoms with Crippen LogP contribution in [-0.4, -0.2) is 105 Å². The smallest absolute Gasteiger partial charge is 0.416 e. The van der Waals surface area contributed by atoms with E-state index in [2.05, 4.69) is 15.6 Å². The number of sulfonamides is 1. The number of amidine groups is 1. The third kappa shape index (κ3) is 9.53. The molecule has 0 bridgehead atoms. The molecule has 1 atom stereocenters. The number of carbonyl (C=O) groups is 2. The summed E-state index contributed by atoms with van der Waals surface area (Å²) in [5.41, 5.74) is -0.874. The molecule has 2 heterocycles. The van der Waals surface area contributed by atoms with Gasteiger partial charge in [-0.15, -0.1) is 0 Å². The molecule has 12 nitrogen and oxygen atoms in total. The number of halogens is 3. The Morgan fingerprint density at radius 3 is 2.48 bits per heavy atom. The van der Waals surface area contributed by atoms with E-state index in [0.717, 1.165) is 12.1 Å². The summed E-state index contributed by atoms with van der Waals surface area (Å²) >= 11 is 0. The van der Waals surface area contributed by atoms with Crippen LogP contribution in [0.5, 0.6) is 5.75 Å². The number of alkyl halides is 3. The summed E-state index contributed by atoms with van der Waals surface area (Å²) in [5.74, 6) is -1.99. The van der Waals surface area contributed by atoms with E-state index in [0.29, 0.717) is 37.3 Å². The minimum absolute atomic E-state index is 0.0106. The number of hydrogen-bond donors (Lipinski definition) is 4. The molecule has 2 aromatic carbocycles. The van der Waals surface area contributed by atoms with Crippen molar-refractivity contribution in [3.05, 3.63) is 64.2 Å². The van der Waals surface area contributed by atoms with Crippen molar-refractivity contribution < 1.29 is 50.9 Å². The normalized spacial score (nSPS) is 17.3. The predicted molar refractivity (Wildman–Crippen MR) is 171 cm³/mol. The zero-order chi connectivity index (χ0) is 35.1. The van der Waals surface area contributed by atoms with E-state index in [9.17, 15) is 36.3 Å². The minimum atomic E-state index is -4.71. The predicted octanol–water partition coefficient (Wildman–Crippen LogP) is 2.75. The van der Waals surface area contributed by atoms with Gasteiger partial charge in [-0.1, -0.05) is 6.07 Å². The lowest BCUT2D eigenvalue weighted by Gasteiger charge is -2.34. The van der Waals surface area contributed by atoms with Crippen LogP contribution < -0.4 is 15.4 Å². The van der Waals surface area contributed by atoms with Gasteiger partial charge in [0.15, 0.2) is 0 Å². The number of aryl methyl sites for hydroxylation is 2. The molecule has 1 spiro atoms. The SMILES string of the molecule is CNCCOCC[C@@H](O)CCOc1cc(C2=NC3(CCN(S(=O)(=O)CCc4ccc(C(=O)O)cc4C)CC3)C(=O)N2)cc(C(F)(F)F)c1. The molecular formula is C32H41F3N4O8S. The Labute approximate surface area is 277 Å². The molecule has 0 aromatic heterocycles. The van der Waals surface area contributed by atoms with Crippen LogP contribution in [0, 0.1) is 6.92 Å². The van der Waals surface area contributed by atoms with Crippen molar-refractivity contribution in [1.82, 2.24) is 14.9 Å². The lowest BCUT2D eigenvalue weighted by molar-refractivity contribution is -0.137. The van der Waals surface area contributed by atoms with Gasteiger partial charge in [-0.3, -0.25) is 9.79 Å². The second-order valence-electron chi connectivity index (χ2n) is 11.9. The van der Waals surface area contributed by atoms with Gasteiger partial charge in [0.2, 0.25) is 10.0 Å². The summed E-state index contributed by atoms with van der Waals surface area (Å²) in [6, 6.07) is 7.55. The Morgan fingerprint density at radius 2 is 1.83 bits per heavy atom. The number of carboxylic acids is 1. The van der Waals surface area contributed by atoms with Crippen LogP contribution in [0.3, 0.4) is 0 Å². The first kappa shape index (κ1) is 37.3. The first-order valence-electron chi connectivity index (χ1n) is 15.6. The molecule has 2 aliphatic heterocycles. The van der Waals surface area contributed by atoms with E-state index >= 15 is 0 Å². The van der Waals surface area contributed by atoms with Crippen molar-refractivity contribution in [3.8, 4) is 5.75 Å². The Morgan fingerprint density at radius 1 is 1.12 bits per heavy atom. The number of carbonyl (C=O) groups excluding carboxylic acids is 1. The first-order chi connectivity index (χ1) is 22.6. The van der Waals surface area contributed by atoms with Gasteiger partial charge in [-0.05, 0) is 81.1 Å². The number of aliphatic imine (C=N–C) groups is 1. The number of nitrogens with zero attached hydrogens (tertiary/aromatic N) is 2. The van der Waals surface area contributed by atoms with Crippen LogP contribution in [0.4, 0.5) is 13.2 Å². The molecule has 4 N–H and O–H groups in total. The molecule has 1 amide bonds. The monoisotopic (exact) mass is 698 g/mol. The molecule has 2 aliphatic rings. The first-order valence-corrected chi connectivity index (χ1v) is 17.2. The molecule has 48 heavy (non-hydrogen) atoms. The van der Waals surface area contributed by atoms with Gasteiger partial charge in [0, 0.05) is 38.2 Å². The third-order valence-electron chi connectivity index (χ3n) is 8.46. The highest BCUT2D eigenvalue weighted by Crippen LogP contribution is 2.36. The number of rotatable bonds is 16.